The number of aromatic hydroxyl groups is 1. The molecule has 7 nitrogen and oxygen atoms in total. The van der Waals surface area contributed by atoms with E-state index in [1.807, 2.05) is 0 Å². The van der Waals surface area contributed by atoms with Crippen molar-refractivity contribution in [3.63, 3.8) is 0 Å². The number of hydrazone groups is 1. The highest BCUT2D eigenvalue weighted by molar-refractivity contribution is 6.33. The Morgan fingerprint density at radius 2 is 1.87 bits per heavy atom. The van der Waals surface area contributed by atoms with Crippen LogP contribution in [0.4, 0.5) is 5.69 Å². The molecule has 8 heteroatoms. The molecule has 0 heterocycles. The van der Waals surface area contributed by atoms with Crippen LogP contribution in [0.25, 0.3) is 0 Å². The molecule has 0 atom stereocenters. The number of nitro benzene ring substituents is 1. The van der Waals surface area contributed by atoms with Crippen LogP contribution in [0.2, 0.25) is 5.02 Å². The Morgan fingerprint density at radius 3 is 2.52 bits per heavy atom. The summed E-state index contributed by atoms with van der Waals surface area (Å²) < 4.78 is 0. The van der Waals surface area contributed by atoms with Crippen LogP contribution in [-0.4, -0.2) is 21.6 Å². The summed E-state index contributed by atoms with van der Waals surface area (Å²) in [5.41, 5.74) is 2.47. The van der Waals surface area contributed by atoms with E-state index < -0.39 is 22.3 Å². The monoisotopic (exact) mass is 333 g/mol. The molecule has 0 unspecified atom stereocenters. The lowest BCUT2D eigenvalue weighted by Crippen LogP contribution is -2.19. The molecule has 0 radical (unpaired) electrons. The van der Waals surface area contributed by atoms with Gasteiger partial charge in [-0.3, -0.25) is 14.9 Å². The van der Waals surface area contributed by atoms with Crippen molar-refractivity contribution in [2.24, 2.45) is 5.10 Å². The first kappa shape index (κ1) is 16.4. The summed E-state index contributed by atoms with van der Waals surface area (Å²) >= 11 is 5.91. The van der Waals surface area contributed by atoms with Crippen LogP contribution in [0.1, 0.15) is 22.8 Å². The van der Waals surface area contributed by atoms with Gasteiger partial charge in [-0.2, -0.15) is 5.10 Å². The molecule has 0 saturated carbocycles. The number of hydrogen-bond donors (Lipinski definition) is 2. The largest absolute Gasteiger partial charge is 0.502 e. The first-order valence-corrected chi connectivity index (χ1v) is 6.85. The number of nitro groups is 1. The minimum atomic E-state index is -0.700. The third-order valence-electron chi connectivity index (χ3n) is 3.04. The smallest absolute Gasteiger partial charge is 0.311 e. The molecule has 0 aliphatic heterocycles. The van der Waals surface area contributed by atoms with Crippen molar-refractivity contribution in [1.82, 2.24) is 5.43 Å². The van der Waals surface area contributed by atoms with Crippen LogP contribution in [0, 0.1) is 10.1 Å². The number of amides is 1. The predicted molar refractivity (Wildman–Crippen MR) is 85.9 cm³/mol. The number of para-hydroxylation sites is 1. The van der Waals surface area contributed by atoms with E-state index in [1.165, 1.54) is 31.2 Å². The fourth-order valence-corrected chi connectivity index (χ4v) is 2.09. The Morgan fingerprint density at radius 1 is 1.22 bits per heavy atom. The van der Waals surface area contributed by atoms with Crippen LogP contribution < -0.4 is 5.43 Å². The highest BCUT2D eigenvalue weighted by atomic mass is 35.5. The quantitative estimate of drug-likeness (QED) is 0.509. The van der Waals surface area contributed by atoms with E-state index in [9.17, 15) is 20.0 Å². The lowest BCUT2D eigenvalue weighted by Gasteiger charge is -2.06. The molecule has 0 bridgehead atoms. The van der Waals surface area contributed by atoms with Crippen molar-refractivity contribution in [3.8, 4) is 5.75 Å². The first-order chi connectivity index (χ1) is 10.9. The number of rotatable bonds is 4. The van der Waals surface area contributed by atoms with Gasteiger partial charge in [-0.05, 0) is 25.1 Å². The topological polar surface area (TPSA) is 105 Å². The maximum Gasteiger partial charge on any atom is 0.311 e. The van der Waals surface area contributed by atoms with E-state index in [1.54, 1.807) is 18.2 Å². The second kappa shape index (κ2) is 6.89. The standard InChI is InChI=1S/C15H12ClN3O4/c1-9(10-6-4-8-13(14(10)20)19(22)23)17-18-15(21)11-5-2-3-7-12(11)16/h2-8,20H,1H3,(H,18,21)/b17-9+. The zero-order chi connectivity index (χ0) is 17.0. The summed E-state index contributed by atoms with van der Waals surface area (Å²) in [5, 5.41) is 24.8. The molecule has 0 fully saturated rings. The fourth-order valence-electron chi connectivity index (χ4n) is 1.87. The zero-order valence-electron chi connectivity index (χ0n) is 12.0. The van der Waals surface area contributed by atoms with Crippen LogP contribution in [0.3, 0.4) is 0 Å². The molecular weight excluding hydrogens is 322 g/mol. The minimum absolute atomic E-state index is 0.152. The Hall–Kier alpha value is -2.93. The van der Waals surface area contributed by atoms with Gasteiger partial charge in [-0.15, -0.1) is 0 Å². The molecule has 2 aromatic carbocycles. The summed E-state index contributed by atoms with van der Waals surface area (Å²) in [7, 11) is 0. The van der Waals surface area contributed by atoms with E-state index in [4.69, 9.17) is 11.6 Å². The number of phenolic OH excluding ortho intramolecular Hbond substituents is 1. The Bertz CT molecular complexity index is 805. The van der Waals surface area contributed by atoms with E-state index in [0.717, 1.165) is 0 Å². The van der Waals surface area contributed by atoms with Crippen LogP contribution in [-0.2, 0) is 0 Å². The molecular formula is C15H12ClN3O4. The van der Waals surface area contributed by atoms with E-state index in [-0.39, 0.29) is 21.9 Å². The van der Waals surface area contributed by atoms with Crippen LogP contribution in [0.15, 0.2) is 47.6 Å². The molecule has 1 amide bonds. The molecule has 0 spiro atoms. The van der Waals surface area contributed by atoms with Gasteiger partial charge in [0.1, 0.15) is 0 Å². The highest BCUT2D eigenvalue weighted by Crippen LogP contribution is 2.29. The SMILES string of the molecule is C/C(=N\NC(=O)c1ccccc1Cl)c1cccc([N+](=O)[O-])c1O. The number of carbonyl (C=O) groups is 1. The van der Waals surface area contributed by atoms with Gasteiger partial charge < -0.3 is 5.11 Å². The van der Waals surface area contributed by atoms with Gasteiger partial charge in [-0.1, -0.05) is 29.8 Å². The molecule has 2 aromatic rings. The van der Waals surface area contributed by atoms with E-state index in [2.05, 4.69) is 10.5 Å². The molecule has 0 aromatic heterocycles. The summed E-state index contributed by atoms with van der Waals surface area (Å²) in [6, 6.07) is 10.5. The van der Waals surface area contributed by atoms with Crippen molar-refractivity contribution in [2.75, 3.05) is 0 Å². The molecule has 23 heavy (non-hydrogen) atoms. The van der Waals surface area contributed by atoms with Crippen molar-refractivity contribution >= 4 is 28.9 Å². The number of phenols is 1. The number of benzene rings is 2. The van der Waals surface area contributed by atoms with Gasteiger partial charge in [0.2, 0.25) is 5.75 Å². The number of halogens is 1. The zero-order valence-corrected chi connectivity index (χ0v) is 12.7. The normalized spacial score (nSPS) is 11.1. The number of hydrogen-bond acceptors (Lipinski definition) is 5. The lowest BCUT2D eigenvalue weighted by molar-refractivity contribution is -0.385. The second-order valence-corrected chi connectivity index (χ2v) is 4.96. The second-order valence-electron chi connectivity index (χ2n) is 4.55. The van der Waals surface area contributed by atoms with Gasteiger partial charge in [0.15, 0.2) is 0 Å². The van der Waals surface area contributed by atoms with Gasteiger partial charge in [0.05, 0.1) is 21.2 Å². The van der Waals surface area contributed by atoms with Crippen molar-refractivity contribution in [3.05, 3.63) is 68.7 Å². The minimum Gasteiger partial charge on any atom is -0.502 e. The number of carbonyl (C=O) groups excluding carboxylic acids is 1. The summed E-state index contributed by atoms with van der Waals surface area (Å²) in [6.07, 6.45) is 0. The average molecular weight is 334 g/mol. The van der Waals surface area contributed by atoms with E-state index >= 15 is 0 Å². The Balaban J connectivity index is 2.24. The maximum absolute atomic E-state index is 12.0. The number of nitrogens with one attached hydrogen (secondary N) is 1. The Kier molecular flexibility index (Phi) is 4.92. The number of nitrogens with zero attached hydrogens (tertiary/aromatic N) is 2. The van der Waals surface area contributed by atoms with Crippen molar-refractivity contribution < 1.29 is 14.8 Å². The van der Waals surface area contributed by atoms with E-state index in [0.29, 0.717) is 0 Å². The molecule has 2 N–H and O–H groups in total. The van der Waals surface area contributed by atoms with Gasteiger partial charge in [0, 0.05) is 11.6 Å². The third-order valence-corrected chi connectivity index (χ3v) is 3.37. The van der Waals surface area contributed by atoms with Crippen LogP contribution >= 0.6 is 11.6 Å². The molecule has 0 saturated heterocycles. The maximum atomic E-state index is 12.0. The molecule has 118 valence electrons. The van der Waals surface area contributed by atoms with Gasteiger partial charge >= 0.3 is 5.69 Å². The molecule has 2 rings (SSSR count). The first-order valence-electron chi connectivity index (χ1n) is 6.47. The fraction of sp³-hybridized carbons (Fsp3) is 0.0667. The average Bonchev–Trinajstić information content (AvgIpc) is 2.52. The summed E-state index contributed by atoms with van der Waals surface area (Å²) in [4.78, 5) is 22.1. The van der Waals surface area contributed by atoms with Crippen molar-refractivity contribution in [1.29, 1.82) is 0 Å². The highest BCUT2D eigenvalue weighted by Gasteiger charge is 2.18. The summed E-state index contributed by atoms with van der Waals surface area (Å²) in [5.74, 6) is -1.04. The molecule has 0 aliphatic rings. The predicted octanol–water partition coefficient (Wildman–Crippen LogP) is 3.11. The van der Waals surface area contributed by atoms with Crippen LogP contribution in [0.5, 0.6) is 5.75 Å². The molecule has 0 aliphatic carbocycles. The summed E-state index contributed by atoms with van der Waals surface area (Å²) in [6.45, 7) is 1.51. The Labute approximate surface area is 136 Å². The van der Waals surface area contributed by atoms with Gasteiger partial charge in [0.25, 0.3) is 5.91 Å². The lowest BCUT2D eigenvalue weighted by atomic mass is 10.1. The van der Waals surface area contributed by atoms with Gasteiger partial charge in [-0.25, -0.2) is 5.43 Å². The van der Waals surface area contributed by atoms with Crippen molar-refractivity contribution in [2.45, 2.75) is 6.92 Å². The third kappa shape index (κ3) is 3.64.